The third-order valence-electron chi connectivity index (χ3n) is 3.31. The summed E-state index contributed by atoms with van der Waals surface area (Å²) in [6, 6.07) is 8.65. The van der Waals surface area contributed by atoms with Gasteiger partial charge in [-0.2, -0.15) is 0 Å². The van der Waals surface area contributed by atoms with Crippen LogP contribution in [-0.4, -0.2) is 34.3 Å². The molecular formula is C16H16FNO4. The molecule has 0 bridgehead atoms. The maximum Gasteiger partial charge on any atom is 0.326 e. The molecule has 2 rings (SSSR count). The van der Waals surface area contributed by atoms with Gasteiger partial charge < -0.3 is 15.5 Å². The highest BCUT2D eigenvalue weighted by Gasteiger charge is 2.24. The van der Waals surface area contributed by atoms with E-state index in [9.17, 15) is 19.1 Å². The molecule has 0 aliphatic carbocycles. The van der Waals surface area contributed by atoms with E-state index in [4.69, 9.17) is 5.11 Å². The predicted molar refractivity (Wildman–Crippen MR) is 79.7 cm³/mol. The SMILES string of the molecule is CC(F)CC(NC(=O)c1ccc2ccccc2c1O)C(=O)O. The first-order valence-electron chi connectivity index (χ1n) is 6.78. The van der Waals surface area contributed by atoms with Crippen LogP contribution in [0.4, 0.5) is 4.39 Å². The molecule has 0 heterocycles. The van der Waals surface area contributed by atoms with Gasteiger partial charge in [0.25, 0.3) is 5.91 Å². The van der Waals surface area contributed by atoms with Gasteiger partial charge in [0.15, 0.2) is 0 Å². The summed E-state index contributed by atoms with van der Waals surface area (Å²) in [5.74, 6) is -2.30. The number of nitrogens with one attached hydrogen (secondary N) is 1. The van der Waals surface area contributed by atoms with Gasteiger partial charge in [-0.1, -0.05) is 30.3 Å². The topological polar surface area (TPSA) is 86.6 Å². The fourth-order valence-electron chi connectivity index (χ4n) is 2.22. The summed E-state index contributed by atoms with van der Waals surface area (Å²) in [4.78, 5) is 23.2. The number of aromatic hydroxyl groups is 1. The van der Waals surface area contributed by atoms with Gasteiger partial charge in [-0.05, 0) is 18.4 Å². The Morgan fingerprint density at radius 1 is 1.23 bits per heavy atom. The number of fused-ring (bicyclic) bond motifs is 1. The van der Waals surface area contributed by atoms with Gasteiger partial charge >= 0.3 is 5.97 Å². The van der Waals surface area contributed by atoms with Crippen LogP contribution in [0.15, 0.2) is 36.4 Å². The molecule has 0 radical (unpaired) electrons. The zero-order valence-electron chi connectivity index (χ0n) is 11.9. The maximum atomic E-state index is 13.0. The van der Waals surface area contributed by atoms with Crippen LogP contribution < -0.4 is 5.32 Å². The minimum Gasteiger partial charge on any atom is -0.506 e. The molecular weight excluding hydrogens is 289 g/mol. The number of carboxylic acid groups (broad SMARTS) is 1. The zero-order chi connectivity index (χ0) is 16.3. The Morgan fingerprint density at radius 3 is 2.55 bits per heavy atom. The molecule has 6 heteroatoms. The van der Waals surface area contributed by atoms with Crippen molar-refractivity contribution in [3.05, 3.63) is 42.0 Å². The van der Waals surface area contributed by atoms with Crippen LogP contribution in [0.25, 0.3) is 10.8 Å². The molecule has 0 spiro atoms. The van der Waals surface area contributed by atoms with Gasteiger partial charge in [0.05, 0.1) is 11.7 Å². The van der Waals surface area contributed by atoms with Crippen LogP contribution in [0.2, 0.25) is 0 Å². The van der Waals surface area contributed by atoms with Gasteiger partial charge in [0, 0.05) is 11.8 Å². The second kappa shape index (κ2) is 6.43. The molecule has 22 heavy (non-hydrogen) atoms. The highest BCUT2D eigenvalue weighted by atomic mass is 19.1. The molecule has 5 nitrogen and oxygen atoms in total. The van der Waals surface area contributed by atoms with Gasteiger partial charge in [-0.15, -0.1) is 0 Å². The molecule has 2 atom stereocenters. The van der Waals surface area contributed by atoms with Gasteiger partial charge in [0.1, 0.15) is 11.8 Å². The van der Waals surface area contributed by atoms with Crippen LogP contribution in [0.1, 0.15) is 23.7 Å². The molecule has 3 N–H and O–H groups in total. The molecule has 2 unspecified atom stereocenters. The number of carbonyl (C=O) groups excluding carboxylic acids is 1. The predicted octanol–water partition coefficient (Wildman–Crippen LogP) is 2.48. The summed E-state index contributed by atoms with van der Waals surface area (Å²) < 4.78 is 13.0. The van der Waals surface area contributed by atoms with Crippen molar-refractivity contribution in [2.45, 2.75) is 25.6 Å². The normalized spacial score (nSPS) is 13.5. The van der Waals surface area contributed by atoms with E-state index in [2.05, 4.69) is 5.32 Å². The molecule has 0 aliphatic rings. The first kappa shape index (κ1) is 15.8. The summed E-state index contributed by atoms with van der Waals surface area (Å²) in [6.45, 7) is 1.22. The monoisotopic (exact) mass is 305 g/mol. The molecule has 0 fully saturated rings. The number of phenols is 1. The quantitative estimate of drug-likeness (QED) is 0.792. The number of hydrogen-bond donors (Lipinski definition) is 3. The summed E-state index contributed by atoms with van der Waals surface area (Å²) in [5, 5.41) is 22.7. The smallest absolute Gasteiger partial charge is 0.326 e. The van der Waals surface area contributed by atoms with Crippen molar-refractivity contribution < 1.29 is 24.2 Å². The zero-order valence-corrected chi connectivity index (χ0v) is 11.9. The first-order valence-corrected chi connectivity index (χ1v) is 6.78. The Morgan fingerprint density at radius 2 is 1.91 bits per heavy atom. The van der Waals surface area contributed by atoms with E-state index in [0.717, 1.165) is 5.39 Å². The molecule has 2 aromatic rings. The van der Waals surface area contributed by atoms with Crippen molar-refractivity contribution in [1.29, 1.82) is 0 Å². The largest absolute Gasteiger partial charge is 0.506 e. The fraction of sp³-hybridized carbons (Fsp3) is 0.250. The summed E-state index contributed by atoms with van der Waals surface area (Å²) in [7, 11) is 0. The number of rotatable bonds is 5. The van der Waals surface area contributed by atoms with E-state index in [-0.39, 0.29) is 17.7 Å². The van der Waals surface area contributed by atoms with Crippen molar-refractivity contribution in [3.8, 4) is 5.75 Å². The van der Waals surface area contributed by atoms with E-state index >= 15 is 0 Å². The Labute approximate surface area is 126 Å². The summed E-state index contributed by atoms with van der Waals surface area (Å²) >= 11 is 0. The Kier molecular flexibility index (Phi) is 4.60. The third kappa shape index (κ3) is 3.33. The van der Waals surface area contributed by atoms with Crippen molar-refractivity contribution in [2.24, 2.45) is 0 Å². The van der Waals surface area contributed by atoms with Crippen LogP contribution in [0.3, 0.4) is 0 Å². The first-order chi connectivity index (χ1) is 10.4. The Hall–Kier alpha value is -2.63. The van der Waals surface area contributed by atoms with Gasteiger partial charge in [0.2, 0.25) is 0 Å². The second-order valence-electron chi connectivity index (χ2n) is 5.06. The minimum atomic E-state index is -1.37. The van der Waals surface area contributed by atoms with Crippen molar-refractivity contribution in [3.63, 3.8) is 0 Å². The molecule has 2 aromatic carbocycles. The number of carbonyl (C=O) groups is 2. The molecule has 0 aliphatic heterocycles. The standard InChI is InChI=1S/C16H16FNO4/c1-9(17)8-13(16(21)22)18-15(20)12-7-6-10-4-2-3-5-11(10)14(12)19/h2-7,9,13,19H,8H2,1H3,(H,18,20)(H,21,22). The van der Waals surface area contributed by atoms with Gasteiger partial charge in [-0.25, -0.2) is 9.18 Å². The van der Waals surface area contributed by atoms with Crippen LogP contribution in [0.5, 0.6) is 5.75 Å². The molecule has 0 saturated heterocycles. The lowest BCUT2D eigenvalue weighted by Crippen LogP contribution is -2.42. The third-order valence-corrected chi connectivity index (χ3v) is 3.31. The van der Waals surface area contributed by atoms with Crippen molar-refractivity contribution >= 4 is 22.6 Å². The van der Waals surface area contributed by atoms with E-state index in [0.29, 0.717) is 5.39 Å². The number of benzene rings is 2. The number of phenolic OH excluding ortho intramolecular Hbond substituents is 1. The molecule has 116 valence electrons. The van der Waals surface area contributed by atoms with Crippen LogP contribution in [-0.2, 0) is 4.79 Å². The van der Waals surface area contributed by atoms with Crippen molar-refractivity contribution in [2.75, 3.05) is 0 Å². The fourth-order valence-corrected chi connectivity index (χ4v) is 2.22. The van der Waals surface area contributed by atoms with Crippen molar-refractivity contribution in [1.82, 2.24) is 5.32 Å². The van der Waals surface area contributed by atoms with E-state index < -0.39 is 24.1 Å². The van der Waals surface area contributed by atoms with Crippen LogP contribution >= 0.6 is 0 Å². The van der Waals surface area contributed by atoms with E-state index in [1.54, 1.807) is 30.3 Å². The van der Waals surface area contributed by atoms with E-state index in [1.165, 1.54) is 13.0 Å². The average molecular weight is 305 g/mol. The average Bonchev–Trinajstić information content (AvgIpc) is 2.46. The van der Waals surface area contributed by atoms with Gasteiger partial charge in [-0.3, -0.25) is 4.79 Å². The lowest BCUT2D eigenvalue weighted by molar-refractivity contribution is -0.139. The van der Waals surface area contributed by atoms with E-state index in [1.807, 2.05) is 0 Å². The second-order valence-corrected chi connectivity index (χ2v) is 5.06. The maximum absolute atomic E-state index is 13.0. The van der Waals surface area contributed by atoms with Crippen LogP contribution in [0, 0.1) is 0 Å². The molecule has 0 aromatic heterocycles. The number of hydrogen-bond acceptors (Lipinski definition) is 3. The number of alkyl halides is 1. The highest BCUT2D eigenvalue weighted by Crippen LogP contribution is 2.28. The Balaban J connectivity index is 2.29. The molecule has 1 amide bonds. The molecule has 0 saturated carbocycles. The highest BCUT2D eigenvalue weighted by molar-refractivity contribution is 6.04. The lowest BCUT2D eigenvalue weighted by atomic mass is 10.0. The summed E-state index contributed by atoms with van der Waals surface area (Å²) in [5.41, 5.74) is -0.0449. The summed E-state index contributed by atoms with van der Waals surface area (Å²) in [6.07, 6.45) is -1.71. The number of aliphatic carboxylic acids is 1. The number of halogens is 1. The minimum absolute atomic E-state index is 0.0449. The Bertz CT molecular complexity index is 714. The number of amides is 1. The number of carboxylic acids is 1. The lowest BCUT2D eigenvalue weighted by Gasteiger charge is -2.16.